The van der Waals surface area contributed by atoms with Gasteiger partial charge in [-0.05, 0) is 60.7 Å². The van der Waals surface area contributed by atoms with Crippen LogP contribution in [0.5, 0.6) is 11.5 Å². The van der Waals surface area contributed by atoms with Crippen LogP contribution >= 0.6 is 0 Å². The Balaban J connectivity index is 1.85. The van der Waals surface area contributed by atoms with Gasteiger partial charge in [-0.25, -0.2) is 12.8 Å². The van der Waals surface area contributed by atoms with E-state index >= 15 is 0 Å². The molecule has 0 unspecified atom stereocenters. The number of rotatable bonds is 4. The normalized spacial score (nSPS) is 11.2. The lowest BCUT2D eigenvalue weighted by molar-refractivity contribution is 0.482. The van der Waals surface area contributed by atoms with Crippen molar-refractivity contribution in [3.05, 3.63) is 84.7 Å². The number of halogens is 1. The van der Waals surface area contributed by atoms with Crippen LogP contribution in [0.15, 0.2) is 88.7 Å². The van der Waals surface area contributed by atoms with Crippen LogP contribution in [0.4, 0.5) is 4.39 Å². The SMILES string of the molecule is O=S(=O)(c1ccc(F)cc1)c1ccc(Oc2ccccc2)cc1. The third kappa shape index (κ3) is 3.40. The molecular weight excluding hydrogens is 315 g/mol. The molecule has 0 saturated carbocycles. The Bertz CT molecular complexity index is 887. The average Bonchev–Trinajstić information content (AvgIpc) is 2.57. The minimum Gasteiger partial charge on any atom is -0.457 e. The van der Waals surface area contributed by atoms with Crippen molar-refractivity contribution >= 4 is 9.84 Å². The number of para-hydroxylation sites is 1. The minimum atomic E-state index is -3.67. The van der Waals surface area contributed by atoms with E-state index in [9.17, 15) is 12.8 Å². The second-order valence-corrected chi connectivity index (χ2v) is 6.79. The van der Waals surface area contributed by atoms with Gasteiger partial charge in [0.1, 0.15) is 17.3 Å². The zero-order chi connectivity index (χ0) is 16.3. The molecule has 0 aliphatic heterocycles. The smallest absolute Gasteiger partial charge is 0.206 e. The number of hydrogen-bond donors (Lipinski definition) is 0. The third-order valence-electron chi connectivity index (χ3n) is 3.24. The topological polar surface area (TPSA) is 43.4 Å². The molecule has 0 atom stereocenters. The maximum atomic E-state index is 12.9. The largest absolute Gasteiger partial charge is 0.457 e. The summed E-state index contributed by atoms with van der Waals surface area (Å²) in [5, 5.41) is 0. The third-order valence-corrected chi connectivity index (χ3v) is 5.02. The number of hydrogen-bond acceptors (Lipinski definition) is 3. The Morgan fingerprint density at radius 3 is 1.70 bits per heavy atom. The van der Waals surface area contributed by atoms with E-state index in [1.165, 1.54) is 24.3 Å². The highest BCUT2D eigenvalue weighted by Crippen LogP contribution is 2.25. The fourth-order valence-electron chi connectivity index (χ4n) is 2.06. The molecule has 0 fully saturated rings. The van der Waals surface area contributed by atoms with Gasteiger partial charge in [-0.2, -0.15) is 0 Å². The van der Waals surface area contributed by atoms with Crippen molar-refractivity contribution in [3.8, 4) is 11.5 Å². The number of ether oxygens (including phenoxy) is 1. The Morgan fingerprint density at radius 2 is 1.13 bits per heavy atom. The van der Waals surface area contributed by atoms with Crippen molar-refractivity contribution in [2.75, 3.05) is 0 Å². The van der Waals surface area contributed by atoms with E-state index < -0.39 is 15.7 Å². The second-order valence-electron chi connectivity index (χ2n) is 4.84. The van der Waals surface area contributed by atoms with E-state index in [0.29, 0.717) is 11.5 Å². The predicted molar refractivity (Wildman–Crippen MR) is 84.8 cm³/mol. The van der Waals surface area contributed by atoms with Crippen LogP contribution in [0.25, 0.3) is 0 Å². The van der Waals surface area contributed by atoms with Crippen LogP contribution in [-0.4, -0.2) is 8.42 Å². The van der Waals surface area contributed by atoms with Crippen LogP contribution in [0, 0.1) is 5.82 Å². The summed E-state index contributed by atoms with van der Waals surface area (Å²) in [4.78, 5) is 0.181. The summed E-state index contributed by atoms with van der Waals surface area (Å²) in [6.45, 7) is 0. The van der Waals surface area contributed by atoms with Crippen LogP contribution in [0.1, 0.15) is 0 Å². The maximum Gasteiger partial charge on any atom is 0.206 e. The molecule has 0 saturated heterocycles. The van der Waals surface area contributed by atoms with E-state index in [4.69, 9.17) is 4.74 Å². The first-order valence-corrected chi connectivity index (χ1v) is 8.38. The van der Waals surface area contributed by atoms with E-state index in [1.807, 2.05) is 30.3 Å². The van der Waals surface area contributed by atoms with E-state index in [0.717, 1.165) is 12.1 Å². The molecule has 0 heterocycles. The molecule has 3 rings (SSSR count). The molecule has 3 aromatic carbocycles. The van der Waals surface area contributed by atoms with Crippen molar-refractivity contribution in [1.82, 2.24) is 0 Å². The summed E-state index contributed by atoms with van der Waals surface area (Å²) in [6.07, 6.45) is 0. The van der Waals surface area contributed by atoms with Crippen molar-refractivity contribution in [2.24, 2.45) is 0 Å². The van der Waals surface area contributed by atoms with E-state index in [1.54, 1.807) is 12.1 Å². The molecule has 0 aromatic heterocycles. The van der Waals surface area contributed by atoms with Crippen molar-refractivity contribution in [1.29, 1.82) is 0 Å². The van der Waals surface area contributed by atoms with Crippen LogP contribution in [-0.2, 0) is 9.84 Å². The Morgan fingerprint density at radius 1 is 0.652 bits per heavy atom. The Kier molecular flexibility index (Phi) is 4.12. The maximum absolute atomic E-state index is 12.9. The molecule has 0 aliphatic carbocycles. The highest BCUT2D eigenvalue weighted by Gasteiger charge is 2.17. The summed E-state index contributed by atoms with van der Waals surface area (Å²) in [6, 6.07) is 20.1. The first-order valence-electron chi connectivity index (χ1n) is 6.89. The first kappa shape index (κ1) is 15.2. The summed E-state index contributed by atoms with van der Waals surface area (Å²) in [5.41, 5.74) is 0. The van der Waals surface area contributed by atoms with Gasteiger partial charge in [-0.1, -0.05) is 18.2 Å². The fourth-order valence-corrected chi connectivity index (χ4v) is 3.32. The van der Waals surface area contributed by atoms with Gasteiger partial charge in [0.15, 0.2) is 0 Å². The average molecular weight is 328 g/mol. The van der Waals surface area contributed by atoms with Gasteiger partial charge < -0.3 is 4.74 Å². The Hall–Kier alpha value is -2.66. The highest BCUT2D eigenvalue weighted by atomic mass is 32.2. The molecule has 0 aliphatic rings. The van der Waals surface area contributed by atoms with Gasteiger partial charge >= 0.3 is 0 Å². The number of benzene rings is 3. The van der Waals surface area contributed by atoms with Crippen molar-refractivity contribution < 1.29 is 17.5 Å². The summed E-state index contributed by atoms with van der Waals surface area (Å²) in [5.74, 6) is 0.728. The second kappa shape index (κ2) is 6.22. The van der Waals surface area contributed by atoms with Gasteiger partial charge in [0.05, 0.1) is 9.79 Å². The molecule has 5 heteroatoms. The lowest BCUT2D eigenvalue weighted by Gasteiger charge is -2.08. The summed E-state index contributed by atoms with van der Waals surface area (Å²) in [7, 11) is -3.67. The molecule has 0 radical (unpaired) electrons. The summed E-state index contributed by atoms with van der Waals surface area (Å²) >= 11 is 0. The van der Waals surface area contributed by atoms with Crippen molar-refractivity contribution in [2.45, 2.75) is 9.79 Å². The monoisotopic (exact) mass is 328 g/mol. The lowest BCUT2D eigenvalue weighted by Crippen LogP contribution is -2.01. The van der Waals surface area contributed by atoms with Crippen LogP contribution in [0.3, 0.4) is 0 Å². The fraction of sp³-hybridized carbons (Fsp3) is 0. The minimum absolute atomic E-state index is 0.0515. The van der Waals surface area contributed by atoms with Gasteiger partial charge in [0.2, 0.25) is 9.84 Å². The molecule has 0 N–H and O–H groups in total. The quantitative estimate of drug-likeness (QED) is 0.665. The Labute approximate surface area is 133 Å². The summed E-state index contributed by atoms with van der Waals surface area (Å²) < 4.78 is 43.5. The molecule has 116 valence electrons. The standard InChI is InChI=1S/C18H13FO3S/c19-14-6-10-17(11-7-14)23(20,21)18-12-8-16(9-13-18)22-15-4-2-1-3-5-15/h1-13H. The van der Waals surface area contributed by atoms with Gasteiger partial charge in [0.25, 0.3) is 0 Å². The molecule has 0 bridgehead atoms. The van der Waals surface area contributed by atoms with Crippen molar-refractivity contribution in [3.63, 3.8) is 0 Å². The van der Waals surface area contributed by atoms with Crippen LogP contribution < -0.4 is 4.74 Å². The van der Waals surface area contributed by atoms with Crippen LogP contribution in [0.2, 0.25) is 0 Å². The highest BCUT2D eigenvalue weighted by molar-refractivity contribution is 7.91. The predicted octanol–water partition coefficient (Wildman–Crippen LogP) is 4.45. The molecule has 3 nitrogen and oxygen atoms in total. The zero-order valence-electron chi connectivity index (χ0n) is 12.0. The molecule has 3 aromatic rings. The zero-order valence-corrected chi connectivity index (χ0v) is 12.8. The lowest BCUT2D eigenvalue weighted by atomic mass is 10.3. The molecular formula is C18H13FO3S. The first-order chi connectivity index (χ1) is 11.1. The van der Waals surface area contributed by atoms with Gasteiger partial charge in [0, 0.05) is 0 Å². The number of sulfone groups is 1. The molecule has 0 spiro atoms. The molecule has 0 amide bonds. The molecule has 23 heavy (non-hydrogen) atoms. The van der Waals surface area contributed by atoms with E-state index in [2.05, 4.69) is 0 Å². The van der Waals surface area contributed by atoms with Gasteiger partial charge in [-0.15, -0.1) is 0 Å². The van der Waals surface area contributed by atoms with E-state index in [-0.39, 0.29) is 9.79 Å². The van der Waals surface area contributed by atoms with Gasteiger partial charge in [-0.3, -0.25) is 0 Å².